The van der Waals surface area contributed by atoms with E-state index in [9.17, 15) is 4.79 Å². The summed E-state index contributed by atoms with van der Waals surface area (Å²) in [6, 6.07) is 18.0. The van der Waals surface area contributed by atoms with Crippen LogP contribution in [0.15, 0.2) is 65.8 Å². The third kappa shape index (κ3) is 2.85. The summed E-state index contributed by atoms with van der Waals surface area (Å²) in [5, 5.41) is 7.15. The molecule has 4 rings (SSSR count). The molecule has 1 amide bonds. The second-order valence-electron chi connectivity index (χ2n) is 5.92. The minimum Gasteiger partial charge on any atom is -0.325 e. The van der Waals surface area contributed by atoms with Crippen molar-refractivity contribution >= 4 is 23.6 Å². The van der Waals surface area contributed by atoms with E-state index in [0.29, 0.717) is 0 Å². The molecule has 1 atom stereocenters. The maximum Gasteiger partial charge on any atom is 0.237 e. The van der Waals surface area contributed by atoms with Crippen molar-refractivity contribution in [2.24, 2.45) is 4.99 Å². The van der Waals surface area contributed by atoms with Crippen molar-refractivity contribution in [3.8, 4) is 11.1 Å². The largest absolute Gasteiger partial charge is 0.325 e. The van der Waals surface area contributed by atoms with Crippen LogP contribution in [-0.4, -0.2) is 21.9 Å². The minimum absolute atomic E-state index is 0.0495. The van der Waals surface area contributed by atoms with Crippen molar-refractivity contribution in [2.45, 2.75) is 19.4 Å². The van der Waals surface area contributed by atoms with Gasteiger partial charge in [0, 0.05) is 24.5 Å². The van der Waals surface area contributed by atoms with E-state index in [1.54, 1.807) is 17.1 Å². The van der Waals surface area contributed by atoms with Gasteiger partial charge < -0.3 is 5.32 Å². The third-order valence-corrected chi connectivity index (χ3v) is 4.39. The summed E-state index contributed by atoms with van der Waals surface area (Å²) in [7, 11) is 0. The Bertz CT molecular complexity index is 943. The summed E-state index contributed by atoms with van der Waals surface area (Å²) in [4.78, 5) is 16.8. The maximum atomic E-state index is 12.4. The van der Waals surface area contributed by atoms with E-state index in [1.165, 1.54) is 0 Å². The van der Waals surface area contributed by atoms with Crippen molar-refractivity contribution in [1.29, 1.82) is 0 Å². The summed E-state index contributed by atoms with van der Waals surface area (Å²) < 4.78 is 1.79. The molecular weight excluding hydrogens is 312 g/mol. The van der Waals surface area contributed by atoms with Crippen LogP contribution in [0.1, 0.15) is 18.4 Å². The molecule has 1 aliphatic rings. The molecule has 124 valence electrons. The molecule has 2 aromatic carbocycles. The summed E-state index contributed by atoms with van der Waals surface area (Å²) in [5.41, 5.74) is 4.02. The lowest BCUT2D eigenvalue weighted by Gasteiger charge is -2.06. The fourth-order valence-electron chi connectivity index (χ4n) is 3.08. The number of nitrogens with zero attached hydrogens (tertiary/aromatic N) is 3. The van der Waals surface area contributed by atoms with E-state index in [0.717, 1.165) is 34.7 Å². The molecule has 3 aromatic rings. The molecule has 0 saturated carbocycles. The predicted molar refractivity (Wildman–Crippen MR) is 99.3 cm³/mol. The minimum atomic E-state index is -0.375. The first-order chi connectivity index (χ1) is 12.3. The van der Waals surface area contributed by atoms with Crippen molar-refractivity contribution < 1.29 is 4.79 Å². The number of aliphatic imine (C=N–C) groups is 1. The number of hydrogen-bond acceptors (Lipinski definition) is 3. The highest BCUT2D eigenvalue weighted by molar-refractivity contribution is 6.13. The van der Waals surface area contributed by atoms with E-state index >= 15 is 0 Å². The SMILES string of the molecule is CCn1nccc1N=CC1C(=O)Nc2cc(-c3ccccc3)ccc21. The normalized spacial score (nSPS) is 16.2. The molecule has 1 N–H and O–H groups in total. The number of aromatic nitrogens is 2. The van der Waals surface area contributed by atoms with Crippen molar-refractivity contribution in [3.63, 3.8) is 0 Å². The van der Waals surface area contributed by atoms with E-state index in [4.69, 9.17) is 0 Å². The first-order valence-electron chi connectivity index (χ1n) is 8.32. The van der Waals surface area contributed by atoms with Gasteiger partial charge in [0.25, 0.3) is 0 Å². The monoisotopic (exact) mass is 330 g/mol. The number of benzene rings is 2. The van der Waals surface area contributed by atoms with E-state index in [1.807, 2.05) is 49.4 Å². The van der Waals surface area contributed by atoms with Gasteiger partial charge in [-0.2, -0.15) is 5.10 Å². The number of hydrogen-bond donors (Lipinski definition) is 1. The van der Waals surface area contributed by atoms with Crippen LogP contribution in [0.4, 0.5) is 11.5 Å². The number of aryl methyl sites for hydroxylation is 1. The quantitative estimate of drug-likeness (QED) is 0.735. The summed E-state index contributed by atoms with van der Waals surface area (Å²) in [6.07, 6.45) is 3.41. The first kappa shape index (κ1) is 15.3. The highest BCUT2D eigenvalue weighted by atomic mass is 16.2. The van der Waals surface area contributed by atoms with Crippen LogP contribution < -0.4 is 5.32 Å². The summed E-state index contributed by atoms with van der Waals surface area (Å²) >= 11 is 0. The van der Waals surface area contributed by atoms with Gasteiger partial charge in [-0.3, -0.25) is 4.79 Å². The second-order valence-corrected chi connectivity index (χ2v) is 5.92. The molecule has 1 aromatic heterocycles. The summed E-state index contributed by atoms with van der Waals surface area (Å²) in [6.45, 7) is 2.75. The third-order valence-electron chi connectivity index (χ3n) is 4.39. The number of carbonyl (C=O) groups excluding carboxylic acids is 1. The number of carbonyl (C=O) groups is 1. The molecule has 0 bridgehead atoms. The topological polar surface area (TPSA) is 59.3 Å². The lowest BCUT2D eigenvalue weighted by molar-refractivity contribution is -0.115. The van der Waals surface area contributed by atoms with Crippen molar-refractivity contribution in [2.75, 3.05) is 5.32 Å². The standard InChI is InChI=1S/C20H18N4O/c1-2-24-19(10-11-22-24)21-13-17-16-9-8-15(12-18(16)23-20(17)25)14-6-4-3-5-7-14/h3-13,17H,2H2,1H3,(H,23,25). The lowest BCUT2D eigenvalue weighted by atomic mass is 9.98. The second kappa shape index (κ2) is 6.36. The van der Waals surface area contributed by atoms with Gasteiger partial charge in [-0.15, -0.1) is 0 Å². The Hall–Kier alpha value is -3.21. The van der Waals surface area contributed by atoms with Gasteiger partial charge in [-0.25, -0.2) is 9.67 Å². The summed E-state index contributed by atoms with van der Waals surface area (Å²) in [5.74, 6) is 0.330. The zero-order chi connectivity index (χ0) is 17.2. The lowest BCUT2D eigenvalue weighted by Crippen LogP contribution is -2.13. The van der Waals surface area contributed by atoms with E-state index < -0.39 is 0 Å². The van der Waals surface area contributed by atoms with Crippen LogP contribution >= 0.6 is 0 Å². The van der Waals surface area contributed by atoms with Crippen LogP contribution in [0.3, 0.4) is 0 Å². The van der Waals surface area contributed by atoms with Gasteiger partial charge in [0.2, 0.25) is 5.91 Å². The Morgan fingerprint density at radius 2 is 2.00 bits per heavy atom. The predicted octanol–water partition coefficient (Wildman–Crippen LogP) is 4.01. The molecule has 2 heterocycles. The molecule has 0 fully saturated rings. The highest BCUT2D eigenvalue weighted by Gasteiger charge is 2.29. The Balaban J connectivity index is 1.64. The van der Waals surface area contributed by atoms with Gasteiger partial charge in [0.15, 0.2) is 0 Å². The van der Waals surface area contributed by atoms with Crippen LogP contribution in [0.5, 0.6) is 0 Å². The van der Waals surface area contributed by atoms with Crippen LogP contribution in [0, 0.1) is 0 Å². The van der Waals surface area contributed by atoms with Crippen LogP contribution in [0.2, 0.25) is 0 Å². The molecule has 0 saturated heterocycles. The molecule has 25 heavy (non-hydrogen) atoms. The zero-order valence-electron chi connectivity index (χ0n) is 13.9. The zero-order valence-corrected chi connectivity index (χ0v) is 13.9. The Labute approximate surface area is 146 Å². The fraction of sp³-hybridized carbons (Fsp3) is 0.150. The molecule has 0 radical (unpaired) electrons. The Morgan fingerprint density at radius 3 is 2.80 bits per heavy atom. The first-order valence-corrected chi connectivity index (χ1v) is 8.32. The Morgan fingerprint density at radius 1 is 1.16 bits per heavy atom. The molecule has 5 nitrogen and oxygen atoms in total. The molecule has 1 aliphatic heterocycles. The number of fused-ring (bicyclic) bond motifs is 1. The average molecular weight is 330 g/mol. The van der Waals surface area contributed by atoms with Gasteiger partial charge >= 0.3 is 0 Å². The van der Waals surface area contributed by atoms with E-state index in [2.05, 4.69) is 27.5 Å². The molecule has 1 unspecified atom stereocenters. The molecule has 0 spiro atoms. The van der Waals surface area contributed by atoms with E-state index in [-0.39, 0.29) is 11.8 Å². The van der Waals surface area contributed by atoms with Gasteiger partial charge in [0.1, 0.15) is 11.7 Å². The van der Waals surface area contributed by atoms with Crippen LogP contribution in [-0.2, 0) is 11.3 Å². The number of anilines is 1. The fourth-order valence-corrected chi connectivity index (χ4v) is 3.08. The number of amides is 1. The smallest absolute Gasteiger partial charge is 0.237 e. The van der Waals surface area contributed by atoms with Crippen molar-refractivity contribution in [3.05, 3.63) is 66.4 Å². The van der Waals surface area contributed by atoms with Gasteiger partial charge in [0.05, 0.1) is 6.20 Å². The maximum absolute atomic E-state index is 12.4. The number of rotatable bonds is 4. The Kier molecular flexibility index (Phi) is 3.90. The highest BCUT2D eigenvalue weighted by Crippen LogP contribution is 2.35. The van der Waals surface area contributed by atoms with Crippen molar-refractivity contribution in [1.82, 2.24) is 9.78 Å². The van der Waals surface area contributed by atoms with Gasteiger partial charge in [-0.05, 0) is 29.7 Å². The van der Waals surface area contributed by atoms with Gasteiger partial charge in [-0.1, -0.05) is 42.5 Å². The molecule has 0 aliphatic carbocycles. The average Bonchev–Trinajstić information content (AvgIpc) is 3.23. The van der Waals surface area contributed by atoms with Crippen LogP contribution in [0.25, 0.3) is 11.1 Å². The molecule has 5 heteroatoms. The number of nitrogens with one attached hydrogen (secondary N) is 1. The molecular formula is C20H18N4O.